The predicted molar refractivity (Wildman–Crippen MR) is 85.4 cm³/mol. The molecule has 0 saturated carbocycles. The first-order valence-electron chi connectivity index (χ1n) is 5.40. The van der Waals surface area contributed by atoms with Gasteiger partial charge in [0.1, 0.15) is 0 Å². The molecule has 0 heterocycles. The Bertz CT molecular complexity index is 525. The summed E-state index contributed by atoms with van der Waals surface area (Å²) in [6, 6.07) is 14.8. The van der Waals surface area contributed by atoms with Gasteiger partial charge >= 0.3 is 0 Å². The van der Waals surface area contributed by atoms with Crippen molar-refractivity contribution in [1.82, 2.24) is 0 Å². The fourth-order valence-electron chi connectivity index (χ4n) is 1.55. The summed E-state index contributed by atoms with van der Waals surface area (Å²) in [4.78, 5) is 0. The second kappa shape index (κ2) is 5.87. The highest BCUT2D eigenvalue weighted by molar-refractivity contribution is 14.1. The van der Waals surface area contributed by atoms with E-state index in [4.69, 9.17) is 0 Å². The molecule has 0 aliphatic heterocycles. The van der Waals surface area contributed by atoms with Crippen molar-refractivity contribution in [2.75, 3.05) is 5.32 Å². The number of hydrogen-bond acceptors (Lipinski definition) is 1. The minimum Gasteiger partial charge on any atom is -0.380 e. The van der Waals surface area contributed by atoms with Gasteiger partial charge in [0.15, 0.2) is 0 Å². The second-order valence-corrected chi connectivity index (χ2v) is 5.93. The van der Waals surface area contributed by atoms with Gasteiger partial charge in [-0.3, -0.25) is 0 Å². The number of halogens is 2. The Morgan fingerprint density at radius 2 is 1.94 bits per heavy atom. The van der Waals surface area contributed by atoms with Crippen LogP contribution in [0.15, 0.2) is 46.9 Å². The number of rotatable bonds is 3. The highest BCUT2D eigenvalue weighted by Crippen LogP contribution is 2.20. The monoisotopic (exact) mass is 401 g/mol. The molecule has 2 rings (SSSR count). The maximum absolute atomic E-state index is 3.56. The minimum absolute atomic E-state index is 0.846. The fraction of sp³-hybridized carbons (Fsp3) is 0.143. The Morgan fingerprint density at radius 1 is 1.18 bits per heavy atom. The van der Waals surface area contributed by atoms with Gasteiger partial charge in [0.05, 0.1) is 0 Å². The van der Waals surface area contributed by atoms with E-state index < -0.39 is 0 Å². The number of aryl methyl sites for hydroxylation is 1. The third-order valence-corrected chi connectivity index (χ3v) is 4.39. The molecule has 0 radical (unpaired) electrons. The number of para-hydroxylation sites is 1. The molecule has 1 N–H and O–H groups in total. The molecule has 88 valence electrons. The zero-order valence-corrected chi connectivity index (χ0v) is 13.2. The van der Waals surface area contributed by atoms with Crippen molar-refractivity contribution in [2.45, 2.75) is 13.5 Å². The quantitative estimate of drug-likeness (QED) is 0.715. The maximum Gasteiger partial charge on any atom is 0.0478 e. The van der Waals surface area contributed by atoms with Crippen LogP contribution in [-0.2, 0) is 6.54 Å². The van der Waals surface area contributed by atoms with Gasteiger partial charge in [0.25, 0.3) is 0 Å². The molecule has 0 bridgehead atoms. The van der Waals surface area contributed by atoms with E-state index in [0.717, 1.165) is 6.54 Å². The van der Waals surface area contributed by atoms with E-state index in [1.54, 1.807) is 0 Å². The van der Waals surface area contributed by atoms with E-state index in [1.807, 2.05) is 0 Å². The van der Waals surface area contributed by atoms with Gasteiger partial charge in [-0.1, -0.05) is 40.2 Å². The van der Waals surface area contributed by atoms with Crippen molar-refractivity contribution in [3.05, 3.63) is 61.6 Å². The molecule has 0 fully saturated rings. The van der Waals surface area contributed by atoms with Crippen molar-refractivity contribution in [2.24, 2.45) is 0 Å². The van der Waals surface area contributed by atoms with E-state index >= 15 is 0 Å². The summed E-state index contributed by atoms with van der Waals surface area (Å²) >= 11 is 5.90. The molecule has 0 unspecified atom stereocenters. The predicted octanol–water partition coefficient (Wildman–Crippen LogP) is 4.97. The molecular formula is C14H13BrIN. The summed E-state index contributed by atoms with van der Waals surface area (Å²) in [7, 11) is 0. The first-order valence-corrected chi connectivity index (χ1v) is 7.27. The summed E-state index contributed by atoms with van der Waals surface area (Å²) < 4.78 is 2.41. The van der Waals surface area contributed by atoms with Gasteiger partial charge in [-0.2, -0.15) is 0 Å². The first kappa shape index (κ1) is 12.9. The molecule has 0 atom stereocenters. The van der Waals surface area contributed by atoms with Gasteiger partial charge < -0.3 is 5.32 Å². The summed E-state index contributed by atoms with van der Waals surface area (Å²) in [5.74, 6) is 0. The average Bonchev–Trinajstić information content (AvgIpc) is 2.32. The molecule has 2 aromatic carbocycles. The lowest BCUT2D eigenvalue weighted by molar-refractivity contribution is 1.14. The third-order valence-electron chi connectivity index (χ3n) is 2.59. The number of nitrogens with one attached hydrogen (secondary N) is 1. The summed E-state index contributed by atoms with van der Waals surface area (Å²) in [5, 5.41) is 3.45. The fourth-order valence-corrected chi connectivity index (χ4v) is 2.55. The van der Waals surface area contributed by atoms with Crippen molar-refractivity contribution >= 4 is 44.2 Å². The average molecular weight is 402 g/mol. The van der Waals surface area contributed by atoms with Crippen LogP contribution >= 0.6 is 38.5 Å². The number of anilines is 1. The molecular weight excluding hydrogens is 389 g/mol. The molecule has 0 spiro atoms. The zero-order valence-electron chi connectivity index (χ0n) is 9.50. The van der Waals surface area contributed by atoms with E-state index in [-0.39, 0.29) is 0 Å². The molecule has 17 heavy (non-hydrogen) atoms. The molecule has 0 aromatic heterocycles. The second-order valence-electron chi connectivity index (χ2n) is 3.92. The Kier molecular flexibility index (Phi) is 4.45. The van der Waals surface area contributed by atoms with Crippen molar-refractivity contribution in [3.8, 4) is 0 Å². The first-order chi connectivity index (χ1) is 8.16. The van der Waals surface area contributed by atoms with Gasteiger partial charge in [-0.25, -0.2) is 0 Å². The van der Waals surface area contributed by atoms with Crippen LogP contribution < -0.4 is 5.32 Å². The van der Waals surface area contributed by atoms with Gasteiger partial charge in [-0.05, 0) is 58.8 Å². The highest BCUT2D eigenvalue weighted by atomic mass is 127. The summed E-state index contributed by atoms with van der Waals surface area (Å²) in [5.41, 5.74) is 3.73. The minimum atomic E-state index is 0.846. The topological polar surface area (TPSA) is 12.0 Å². The molecule has 0 aliphatic rings. The van der Waals surface area contributed by atoms with E-state index in [9.17, 15) is 0 Å². The van der Waals surface area contributed by atoms with Crippen LogP contribution in [0.4, 0.5) is 5.69 Å². The largest absolute Gasteiger partial charge is 0.380 e. The third kappa shape index (κ3) is 3.45. The van der Waals surface area contributed by atoms with E-state index in [2.05, 4.69) is 93.2 Å². The number of hydrogen-bond donors (Lipinski definition) is 1. The van der Waals surface area contributed by atoms with Gasteiger partial charge in [0.2, 0.25) is 0 Å². The highest BCUT2D eigenvalue weighted by Gasteiger charge is 2.00. The van der Waals surface area contributed by atoms with E-state index in [1.165, 1.54) is 24.9 Å². The maximum atomic E-state index is 3.56. The normalized spacial score (nSPS) is 10.3. The summed E-state index contributed by atoms with van der Waals surface area (Å²) in [6.07, 6.45) is 0. The van der Waals surface area contributed by atoms with Crippen molar-refractivity contribution < 1.29 is 0 Å². The lowest BCUT2D eigenvalue weighted by Crippen LogP contribution is -2.00. The lowest BCUT2D eigenvalue weighted by atomic mass is 10.1. The zero-order chi connectivity index (χ0) is 12.3. The van der Waals surface area contributed by atoms with Gasteiger partial charge in [0, 0.05) is 20.3 Å². The Hall–Kier alpha value is -0.550. The van der Waals surface area contributed by atoms with Crippen LogP contribution in [-0.4, -0.2) is 0 Å². The van der Waals surface area contributed by atoms with Crippen LogP contribution in [0, 0.1) is 10.5 Å². The van der Waals surface area contributed by atoms with Crippen LogP contribution in [0.1, 0.15) is 11.1 Å². The molecule has 0 amide bonds. The Morgan fingerprint density at radius 3 is 2.65 bits per heavy atom. The lowest BCUT2D eigenvalue weighted by Gasteiger charge is -2.09. The van der Waals surface area contributed by atoms with Gasteiger partial charge in [-0.15, -0.1) is 0 Å². The smallest absolute Gasteiger partial charge is 0.0478 e. The SMILES string of the molecule is Cc1ccc(CNc2ccccc2I)cc1Br. The molecule has 0 aliphatic carbocycles. The van der Waals surface area contributed by atoms with Crippen LogP contribution in [0.25, 0.3) is 0 Å². The van der Waals surface area contributed by atoms with E-state index in [0.29, 0.717) is 0 Å². The van der Waals surface area contributed by atoms with Crippen LogP contribution in [0.3, 0.4) is 0 Å². The molecule has 3 heteroatoms. The van der Waals surface area contributed by atoms with Crippen molar-refractivity contribution in [1.29, 1.82) is 0 Å². The van der Waals surface area contributed by atoms with Crippen LogP contribution in [0.2, 0.25) is 0 Å². The molecule has 2 aromatic rings. The van der Waals surface area contributed by atoms with Crippen LogP contribution in [0.5, 0.6) is 0 Å². The Labute approximate surface area is 124 Å². The molecule has 0 saturated heterocycles. The number of benzene rings is 2. The summed E-state index contributed by atoms with van der Waals surface area (Å²) in [6.45, 7) is 2.94. The Balaban J connectivity index is 2.08. The molecule has 1 nitrogen and oxygen atoms in total. The standard InChI is InChI=1S/C14H13BrIN/c1-10-6-7-11(8-12(10)15)9-17-14-5-3-2-4-13(14)16/h2-8,17H,9H2,1H3. The van der Waals surface area contributed by atoms with Crippen molar-refractivity contribution in [3.63, 3.8) is 0 Å².